The molecule has 0 radical (unpaired) electrons. The van der Waals surface area contributed by atoms with Crippen LogP contribution in [-0.2, 0) is 9.59 Å². The Kier molecular flexibility index (Phi) is 4.17. The van der Waals surface area contributed by atoms with Gasteiger partial charge in [0.2, 0.25) is 0 Å². The van der Waals surface area contributed by atoms with E-state index in [1.165, 1.54) is 12.2 Å². The van der Waals surface area contributed by atoms with Crippen molar-refractivity contribution < 1.29 is 29.3 Å². The summed E-state index contributed by atoms with van der Waals surface area (Å²) >= 11 is 0. The van der Waals surface area contributed by atoms with Crippen LogP contribution in [0.25, 0.3) is 0 Å². The topological polar surface area (TPSA) is 94.8 Å². The largest absolute Gasteiger partial charge is 0.393 e. The third kappa shape index (κ3) is 2.17. The molecule has 28 heavy (non-hydrogen) atoms. The maximum atomic E-state index is 15.1. The third-order valence-corrected chi connectivity index (χ3v) is 8.24. The van der Waals surface area contributed by atoms with E-state index in [-0.39, 0.29) is 24.0 Å². The Morgan fingerprint density at radius 3 is 2.71 bits per heavy atom. The van der Waals surface area contributed by atoms with E-state index in [4.69, 9.17) is 0 Å². The number of aliphatic hydroxyl groups excluding tert-OH is 2. The molecule has 0 aromatic rings. The van der Waals surface area contributed by atoms with Gasteiger partial charge in [-0.1, -0.05) is 20.4 Å². The lowest BCUT2D eigenvalue weighted by Crippen LogP contribution is -2.61. The smallest absolute Gasteiger partial charge is 0.194 e. The van der Waals surface area contributed by atoms with Crippen molar-refractivity contribution in [1.29, 1.82) is 0 Å². The second-order valence-corrected chi connectivity index (χ2v) is 9.45. The fourth-order valence-electron chi connectivity index (χ4n) is 6.80. The second-order valence-electron chi connectivity index (χ2n) is 9.45. The zero-order valence-electron chi connectivity index (χ0n) is 16.2. The van der Waals surface area contributed by atoms with Crippen molar-refractivity contribution in [3.05, 3.63) is 35.7 Å². The highest BCUT2D eigenvalue weighted by Gasteiger charge is 2.69. The van der Waals surface area contributed by atoms with E-state index in [1.54, 1.807) is 6.92 Å². The molecular weight excluding hydrogens is 363 g/mol. The van der Waals surface area contributed by atoms with Crippen LogP contribution in [0.3, 0.4) is 0 Å². The van der Waals surface area contributed by atoms with E-state index in [9.17, 15) is 24.9 Å². The van der Waals surface area contributed by atoms with E-state index in [0.29, 0.717) is 30.4 Å². The number of halogens is 1. The van der Waals surface area contributed by atoms with Gasteiger partial charge < -0.3 is 15.3 Å². The molecule has 4 rings (SSSR count). The lowest BCUT2D eigenvalue weighted by atomic mass is 9.47. The summed E-state index contributed by atoms with van der Waals surface area (Å²) in [6.45, 7) is 6.71. The molecular formula is C22H27FO5. The molecule has 0 bridgehead atoms. The summed E-state index contributed by atoms with van der Waals surface area (Å²) in [6.07, 6.45) is 3.18. The molecule has 0 amide bonds. The number of fused-ring (bicyclic) bond motifs is 5. The van der Waals surface area contributed by atoms with Crippen molar-refractivity contribution >= 4 is 11.6 Å². The van der Waals surface area contributed by atoms with Crippen LogP contribution in [0.2, 0.25) is 0 Å². The number of ketones is 2. The summed E-state index contributed by atoms with van der Waals surface area (Å²) in [7, 11) is 0. The normalized spacial score (nSPS) is 47.6. The summed E-state index contributed by atoms with van der Waals surface area (Å²) in [6, 6.07) is 0. The van der Waals surface area contributed by atoms with Crippen LogP contribution in [0.15, 0.2) is 35.7 Å². The Labute approximate surface area is 163 Å². The molecule has 4 aliphatic carbocycles. The highest BCUT2D eigenvalue weighted by molar-refractivity contribution is 5.93. The van der Waals surface area contributed by atoms with Gasteiger partial charge in [-0.05, 0) is 54.4 Å². The van der Waals surface area contributed by atoms with Gasteiger partial charge in [0.05, 0.1) is 6.10 Å². The first kappa shape index (κ1) is 19.7. The first-order valence-corrected chi connectivity index (χ1v) is 9.86. The van der Waals surface area contributed by atoms with Crippen molar-refractivity contribution in [3.8, 4) is 0 Å². The Hall–Kier alpha value is -1.63. The molecule has 5 nitrogen and oxygen atoms in total. The number of aliphatic hydroxyl groups is 3. The van der Waals surface area contributed by atoms with Crippen molar-refractivity contribution in [3.63, 3.8) is 0 Å². The Balaban J connectivity index is 1.87. The fraction of sp³-hybridized carbons (Fsp3) is 0.636. The molecule has 0 spiro atoms. The van der Waals surface area contributed by atoms with Crippen LogP contribution in [-0.4, -0.2) is 45.2 Å². The van der Waals surface area contributed by atoms with E-state index in [2.05, 4.69) is 6.58 Å². The highest BCUT2D eigenvalue weighted by atomic mass is 19.1. The molecule has 4 aliphatic rings. The lowest BCUT2D eigenvalue weighted by Gasteiger charge is -2.58. The number of hydrogen-bond donors (Lipinski definition) is 3. The minimum atomic E-state index is -1.94. The van der Waals surface area contributed by atoms with Crippen molar-refractivity contribution in [2.45, 2.75) is 51.2 Å². The van der Waals surface area contributed by atoms with Gasteiger partial charge in [0.1, 0.15) is 12.4 Å². The van der Waals surface area contributed by atoms with Gasteiger partial charge in [0.15, 0.2) is 17.2 Å². The van der Waals surface area contributed by atoms with Gasteiger partial charge in [-0.15, -0.1) is 0 Å². The number of hydrogen-bond acceptors (Lipinski definition) is 5. The predicted molar refractivity (Wildman–Crippen MR) is 99.6 cm³/mol. The summed E-state index contributed by atoms with van der Waals surface area (Å²) in [5.74, 6) is -2.31. The van der Waals surface area contributed by atoms with Crippen molar-refractivity contribution in [2.24, 2.45) is 28.6 Å². The Morgan fingerprint density at radius 2 is 2.07 bits per heavy atom. The Bertz CT molecular complexity index is 844. The van der Waals surface area contributed by atoms with Gasteiger partial charge in [-0.25, -0.2) is 4.39 Å². The summed E-state index contributed by atoms with van der Waals surface area (Å²) in [4.78, 5) is 24.4. The second kappa shape index (κ2) is 5.94. The van der Waals surface area contributed by atoms with E-state index >= 15 is 4.39 Å². The molecule has 0 heterocycles. The molecule has 3 N–H and O–H groups in total. The lowest BCUT2D eigenvalue weighted by molar-refractivity contribution is -0.169. The number of carbonyl (C=O) groups excluding carboxylic acids is 2. The number of carbonyl (C=O) groups is 2. The summed E-state index contributed by atoms with van der Waals surface area (Å²) in [5, 5.41) is 31.9. The minimum absolute atomic E-state index is 0.109. The zero-order chi connectivity index (χ0) is 20.6. The summed E-state index contributed by atoms with van der Waals surface area (Å²) in [5.41, 5.74) is -3.01. The van der Waals surface area contributed by atoms with E-state index in [0.717, 1.165) is 0 Å². The van der Waals surface area contributed by atoms with Crippen LogP contribution in [0.1, 0.15) is 39.5 Å². The van der Waals surface area contributed by atoms with Crippen LogP contribution in [0.4, 0.5) is 4.39 Å². The number of Topliss-reactive ketones (excluding diaryl/α,β-unsaturated/α-hetero) is 1. The van der Waals surface area contributed by atoms with Gasteiger partial charge in [-0.3, -0.25) is 9.59 Å². The van der Waals surface area contributed by atoms with Gasteiger partial charge >= 0.3 is 0 Å². The quantitative estimate of drug-likeness (QED) is 0.627. The van der Waals surface area contributed by atoms with Crippen LogP contribution in [0, 0.1) is 28.6 Å². The van der Waals surface area contributed by atoms with Crippen LogP contribution < -0.4 is 0 Å². The molecule has 0 aliphatic heterocycles. The van der Waals surface area contributed by atoms with Crippen molar-refractivity contribution in [1.82, 2.24) is 0 Å². The number of allylic oxidation sites excluding steroid dienone is 4. The van der Waals surface area contributed by atoms with E-state index < -0.39 is 46.7 Å². The van der Waals surface area contributed by atoms with E-state index in [1.807, 2.05) is 6.92 Å². The van der Waals surface area contributed by atoms with Crippen LogP contribution >= 0.6 is 0 Å². The zero-order valence-corrected chi connectivity index (χ0v) is 16.2. The standard InChI is InChI=1S/C22H27FO5/c1-11-6-14-13-8-16(23)15-7-12(25)4-5-20(15,2)19(13)17(26)9-21(14,3)22(11,28)18(27)10-24/h7-8,13-14,17,19,24,26,28H,1,4-6,9-10H2,2-3H3/t13-,14-,17-,19+,20-,21-,22-/m0/s1. The minimum Gasteiger partial charge on any atom is -0.393 e. The molecule has 2 saturated carbocycles. The average molecular weight is 390 g/mol. The van der Waals surface area contributed by atoms with Crippen LogP contribution in [0.5, 0.6) is 0 Å². The molecule has 6 heteroatoms. The van der Waals surface area contributed by atoms with Gasteiger partial charge in [0, 0.05) is 23.2 Å². The SMILES string of the molecule is C=C1C[C@H]2[C@@H]3C=C(F)C4=CC(=O)CC[C@]4(C)[C@H]3[C@@H](O)C[C@]2(C)[C@@]1(O)C(=O)CO. The first-order chi connectivity index (χ1) is 13.0. The first-order valence-electron chi connectivity index (χ1n) is 9.86. The monoisotopic (exact) mass is 390 g/mol. The fourth-order valence-corrected chi connectivity index (χ4v) is 6.80. The molecule has 2 fully saturated rings. The average Bonchev–Trinajstić information content (AvgIpc) is 2.83. The van der Waals surface area contributed by atoms with Crippen molar-refractivity contribution in [2.75, 3.05) is 6.61 Å². The molecule has 7 atom stereocenters. The molecule has 152 valence electrons. The third-order valence-electron chi connectivity index (χ3n) is 8.24. The summed E-state index contributed by atoms with van der Waals surface area (Å²) < 4.78 is 15.1. The number of rotatable bonds is 2. The molecule has 0 saturated heterocycles. The molecule has 0 unspecified atom stereocenters. The maximum absolute atomic E-state index is 15.1. The molecule has 0 aromatic carbocycles. The maximum Gasteiger partial charge on any atom is 0.194 e. The predicted octanol–water partition coefficient (Wildman–Crippen LogP) is 2.02. The highest BCUT2D eigenvalue weighted by Crippen LogP contribution is 2.68. The van der Waals surface area contributed by atoms with Gasteiger partial charge in [0.25, 0.3) is 0 Å². The van der Waals surface area contributed by atoms with Gasteiger partial charge in [-0.2, -0.15) is 0 Å². The Morgan fingerprint density at radius 1 is 1.39 bits per heavy atom. The molecule has 0 aromatic heterocycles.